The van der Waals surface area contributed by atoms with Gasteiger partial charge in [0, 0.05) is 54.5 Å². The van der Waals surface area contributed by atoms with Gasteiger partial charge >= 0.3 is 0 Å². The summed E-state index contributed by atoms with van der Waals surface area (Å²) >= 11 is 0. The number of hydrogen-bond donors (Lipinski definition) is 0. The molecule has 0 atom stereocenters. The lowest BCUT2D eigenvalue weighted by Crippen LogP contribution is -2.03. The van der Waals surface area contributed by atoms with E-state index in [-0.39, 0.29) is 0 Å². The van der Waals surface area contributed by atoms with Crippen LogP contribution in [-0.2, 0) is 0 Å². The van der Waals surface area contributed by atoms with Crippen molar-refractivity contribution in [2.24, 2.45) is 0 Å². The Bertz CT molecular complexity index is 4430. The molecule has 0 saturated heterocycles. The van der Waals surface area contributed by atoms with Crippen LogP contribution in [0.1, 0.15) is 5.56 Å². The van der Waals surface area contributed by atoms with Crippen molar-refractivity contribution in [3.63, 3.8) is 0 Å². The van der Waals surface area contributed by atoms with Crippen LogP contribution >= 0.6 is 0 Å². The molecule has 14 aromatic rings. The minimum atomic E-state index is 0.508. The van der Waals surface area contributed by atoms with E-state index in [4.69, 9.17) is 0 Å². The van der Waals surface area contributed by atoms with Crippen LogP contribution in [0, 0.1) is 17.9 Å². The highest BCUT2D eigenvalue weighted by atomic mass is 15.1. The van der Waals surface area contributed by atoms with Crippen molar-refractivity contribution in [3.05, 3.63) is 235 Å². The lowest BCUT2D eigenvalue weighted by atomic mass is 9.99. The SMILES string of the molecule is [C-]#[N+]c1c(-n2c3ccccc3c3cc(-n4c5ccccc5c5ccccc54)ccc32)ccc(-c2cccc(C#N)c2)c1-n1c2ccccc2c2cc(-n3c4ccccc4c4ccccc43)ccc21. The number of fused-ring (bicyclic) bond motifs is 12. The summed E-state index contributed by atoms with van der Waals surface area (Å²) in [7, 11) is 0. The highest BCUT2D eigenvalue weighted by molar-refractivity contribution is 6.15. The minimum Gasteiger partial charge on any atom is -0.319 e. The predicted octanol–water partition coefficient (Wildman–Crippen LogP) is 16.2. The second kappa shape index (κ2) is 14.4. The molecule has 0 aliphatic heterocycles. The Balaban J connectivity index is 1.05. The average molecular weight is 865 g/mol. The molecule has 0 saturated carbocycles. The third-order valence-corrected chi connectivity index (χ3v) is 14.0. The third-order valence-electron chi connectivity index (χ3n) is 14.0. The van der Waals surface area contributed by atoms with Gasteiger partial charge in [-0.2, -0.15) is 5.26 Å². The summed E-state index contributed by atoms with van der Waals surface area (Å²) in [5.74, 6) is 0. The molecular formula is C62H36N6. The Labute approximate surface area is 390 Å². The van der Waals surface area contributed by atoms with Gasteiger partial charge in [-0.1, -0.05) is 127 Å². The molecule has 0 radical (unpaired) electrons. The molecule has 14 rings (SSSR count). The van der Waals surface area contributed by atoms with Crippen molar-refractivity contribution in [1.82, 2.24) is 18.3 Å². The maximum Gasteiger partial charge on any atom is 0.234 e. The van der Waals surface area contributed by atoms with Crippen molar-refractivity contribution in [1.29, 1.82) is 5.26 Å². The summed E-state index contributed by atoms with van der Waals surface area (Å²) in [4.78, 5) is 4.53. The van der Waals surface area contributed by atoms with Gasteiger partial charge in [-0.3, -0.25) is 0 Å². The summed E-state index contributed by atoms with van der Waals surface area (Å²) in [6.45, 7) is 9.20. The topological polar surface area (TPSA) is 47.9 Å². The standard InChI is InChI=1S/C62H36N6/c1-64-61-60(67-56-27-12-6-21-48(56)50-36-41(29-32-58(50)67)65-52-23-8-2-17-44(52)45-18-3-9-24-53(45)65)34-31-43(40-16-14-15-39(35-40)38-63)62(61)68-57-28-13-7-22-49(57)51-37-42(30-33-59(51)68)66-54-25-10-4-19-46(54)47-20-5-11-26-55(47)66/h2-37H. The molecule has 0 aliphatic carbocycles. The second-order valence-corrected chi connectivity index (χ2v) is 17.5. The zero-order chi connectivity index (χ0) is 45.0. The van der Waals surface area contributed by atoms with E-state index in [9.17, 15) is 11.8 Å². The fourth-order valence-electron chi connectivity index (χ4n) is 11.2. The molecule has 0 amide bonds. The monoisotopic (exact) mass is 864 g/mol. The first kappa shape index (κ1) is 37.7. The molecule has 4 aromatic heterocycles. The van der Waals surface area contributed by atoms with E-state index >= 15 is 0 Å². The van der Waals surface area contributed by atoms with Gasteiger partial charge < -0.3 is 18.3 Å². The lowest BCUT2D eigenvalue weighted by Gasteiger charge is -2.20. The van der Waals surface area contributed by atoms with Gasteiger partial charge in [-0.25, -0.2) is 4.85 Å². The molecule has 10 aromatic carbocycles. The fourth-order valence-corrected chi connectivity index (χ4v) is 11.2. The Hall–Kier alpha value is -9.62. The van der Waals surface area contributed by atoms with E-state index in [0.29, 0.717) is 11.3 Å². The molecule has 0 fully saturated rings. The van der Waals surface area contributed by atoms with E-state index < -0.39 is 0 Å². The van der Waals surface area contributed by atoms with Crippen molar-refractivity contribution < 1.29 is 0 Å². The number of nitriles is 1. The highest BCUT2D eigenvalue weighted by Gasteiger charge is 2.25. The molecule has 0 aliphatic rings. The van der Waals surface area contributed by atoms with Crippen molar-refractivity contribution in [2.75, 3.05) is 0 Å². The van der Waals surface area contributed by atoms with Gasteiger partial charge in [-0.05, 0) is 102 Å². The van der Waals surface area contributed by atoms with Gasteiger partial charge in [-0.15, -0.1) is 0 Å². The number of hydrogen-bond acceptors (Lipinski definition) is 1. The highest BCUT2D eigenvalue weighted by Crippen LogP contribution is 2.47. The maximum absolute atomic E-state index is 10.1. The molecule has 6 heteroatoms. The van der Waals surface area contributed by atoms with Crippen LogP contribution in [0.4, 0.5) is 5.69 Å². The predicted molar refractivity (Wildman–Crippen MR) is 280 cm³/mol. The number of aromatic nitrogens is 4. The normalized spacial score (nSPS) is 11.8. The van der Waals surface area contributed by atoms with Gasteiger partial charge in [0.05, 0.1) is 73.7 Å². The van der Waals surface area contributed by atoms with E-state index in [0.717, 1.165) is 99.6 Å². The molecule has 68 heavy (non-hydrogen) atoms. The number of rotatable bonds is 5. The first-order valence-corrected chi connectivity index (χ1v) is 22.8. The molecular weight excluding hydrogens is 829 g/mol. The zero-order valence-corrected chi connectivity index (χ0v) is 36.5. The zero-order valence-electron chi connectivity index (χ0n) is 36.5. The maximum atomic E-state index is 10.1. The summed E-state index contributed by atoms with van der Waals surface area (Å²) < 4.78 is 9.26. The first-order chi connectivity index (χ1) is 33.7. The molecule has 4 heterocycles. The van der Waals surface area contributed by atoms with E-state index in [1.54, 1.807) is 0 Å². The summed E-state index contributed by atoms with van der Waals surface area (Å²) in [6, 6.07) is 79.1. The van der Waals surface area contributed by atoms with Crippen LogP contribution in [0.15, 0.2) is 218 Å². The first-order valence-electron chi connectivity index (χ1n) is 22.8. The van der Waals surface area contributed by atoms with Gasteiger partial charge in [0.2, 0.25) is 5.69 Å². The summed E-state index contributed by atoms with van der Waals surface area (Å²) in [6.07, 6.45) is 0. The summed E-state index contributed by atoms with van der Waals surface area (Å²) in [5.41, 5.74) is 15.0. The van der Waals surface area contributed by atoms with Crippen LogP contribution in [0.5, 0.6) is 0 Å². The van der Waals surface area contributed by atoms with Crippen molar-refractivity contribution in [3.8, 4) is 39.9 Å². The number of benzene rings is 10. The number of nitrogens with zero attached hydrogens (tertiary/aromatic N) is 6. The molecule has 0 spiro atoms. The van der Waals surface area contributed by atoms with E-state index in [2.05, 4.69) is 223 Å². The largest absolute Gasteiger partial charge is 0.319 e. The Kier molecular flexibility index (Phi) is 8.01. The van der Waals surface area contributed by atoms with E-state index in [1.165, 1.54) is 21.5 Å². The molecule has 314 valence electrons. The average Bonchev–Trinajstić information content (AvgIpc) is 4.13. The minimum absolute atomic E-state index is 0.508. The molecule has 6 nitrogen and oxygen atoms in total. The van der Waals surface area contributed by atoms with Crippen LogP contribution in [0.2, 0.25) is 0 Å². The Morgan fingerprint density at radius 1 is 0.353 bits per heavy atom. The lowest BCUT2D eigenvalue weighted by molar-refractivity contribution is 1.14. The van der Waals surface area contributed by atoms with Crippen molar-refractivity contribution >= 4 is 92.9 Å². The van der Waals surface area contributed by atoms with Crippen LogP contribution < -0.4 is 0 Å². The molecule has 0 unspecified atom stereocenters. The summed E-state index contributed by atoms with van der Waals surface area (Å²) in [5, 5.41) is 19.3. The smallest absolute Gasteiger partial charge is 0.234 e. The molecule has 0 bridgehead atoms. The van der Waals surface area contributed by atoms with E-state index in [1.807, 2.05) is 24.3 Å². The Morgan fingerprint density at radius 3 is 1.21 bits per heavy atom. The second-order valence-electron chi connectivity index (χ2n) is 17.5. The van der Waals surface area contributed by atoms with Crippen LogP contribution in [0.3, 0.4) is 0 Å². The number of para-hydroxylation sites is 6. The third kappa shape index (κ3) is 5.26. The Morgan fingerprint density at radius 2 is 0.750 bits per heavy atom. The van der Waals surface area contributed by atoms with Gasteiger partial charge in [0.1, 0.15) is 0 Å². The molecule has 0 N–H and O–H groups in total. The van der Waals surface area contributed by atoms with Gasteiger partial charge in [0.15, 0.2) is 0 Å². The van der Waals surface area contributed by atoms with Gasteiger partial charge in [0.25, 0.3) is 0 Å². The fraction of sp³-hybridized carbons (Fsp3) is 0. The van der Waals surface area contributed by atoms with Crippen LogP contribution in [-0.4, -0.2) is 18.3 Å². The van der Waals surface area contributed by atoms with Crippen LogP contribution in [0.25, 0.3) is 126 Å². The quantitative estimate of drug-likeness (QED) is 0.159. The van der Waals surface area contributed by atoms with Crippen molar-refractivity contribution in [2.45, 2.75) is 0 Å².